The molecule has 0 fully saturated rings. The number of ether oxygens (including phenoxy) is 1. The maximum Gasteiger partial charge on any atom is 0.119 e. The van der Waals surface area contributed by atoms with Crippen LogP contribution in [0.1, 0.15) is 19.4 Å². The largest absolute Gasteiger partial charge is 0.494 e. The minimum atomic E-state index is 0.665. The van der Waals surface area contributed by atoms with Crippen LogP contribution in [-0.4, -0.2) is 13.2 Å². The van der Waals surface area contributed by atoms with Gasteiger partial charge in [-0.25, -0.2) is 0 Å². The summed E-state index contributed by atoms with van der Waals surface area (Å²) >= 11 is 6.40. The molecule has 0 unspecified atom stereocenters. The third kappa shape index (κ3) is 3.75. The Kier molecular flexibility index (Phi) is 5.45. The minimum absolute atomic E-state index is 0.665. The first-order valence-corrected chi connectivity index (χ1v) is 7.34. The molecular formula is C17H20ClNO. The van der Waals surface area contributed by atoms with Gasteiger partial charge < -0.3 is 10.1 Å². The van der Waals surface area contributed by atoms with Gasteiger partial charge >= 0.3 is 0 Å². The van der Waals surface area contributed by atoms with E-state index < -0.39 is 0 Å². The molecule has 0 radical (unpaired) electrons. The van der Waals surface area contributed by atoms with Gasteiger partial charge in [0.05, 0.1) is 6.61 Å². The third-order valence-electron chi connectivity index (χ3n) is 3.07. The van der Waals surface area contributed by atoms with Crippen molar-refractivity contribution < 1.29 is 4.74 Å². The van der Waals surface area contributed by atoms with Crippen molar-refractivity contribution in [2.75, 3.05) is 13.2 Å². The van der Waals surface area contributed by atoms with Gasteiger partial charge in [0.1, 0.15) is 5.75 Å². The number of rotatable bonds is 6. The van der Waals surface area contributed by atoms with Crippen molar-refractivity contribution in [2.24, 2.45) is 0 Å². The van der Waals surface area contributed by atoms with E-state index in [1.807, 2.05) is 37.3 Å². The standard InChI is InChI=1S/C17H20ClNO/c1-3-19-12-13-8-9-16(17(18)10-13)14-6-5-7-15(11-14)20-4-2/h5-11,19H,3-4,12H2,1-2H3. The molecule has 2 aromatic carbocycles. The minimum Gasteiger partial charge on any atom is -0.494 e. The second-order valence-corrected chi connectivity index (χ2v) is 4.96. The molecular weight excluding hydrogens is 270 g/mol. The summed E-state index contributed by atoms with van der Waals surface area (Å²) in [4.78, 5) is 0. The summed E-state index contributed by atoms with van der Waals surface area (Å²) in [6, 6.07) is 14.2. The van der Waals surface area contributed by atoms with Gasteiger partial charge in [-0.15, -0.1) is 0 Å². The number of benzene rings is 2. The Balaban J connectivity index is 2.26. The van der Waals surface area contributed by atoms with Crippen molar-refractivity contribution in [3.63, 3.8) is 0 Å². The van der Waals surface area contributed by atoms with Gasteiger partial charge in [-0.3, -0.25) is 0 Å². The van der Waals surface area contributed by atoms with E-state index in [4.69, 9.17) is 16.3 Å². The first kappa shape index (κ1) is 14.9. The second-order valence-electron chi connectivity index (χ2n) is 4.56. The molecule has 0 aliphatic heterocycles. The van der Waals surface area contributed by atoms with Gasteiger partial charge in [0.2, 0.25) is 0 Å². The normalized spacial score (nSPS) is 10.6. The van der Waals surface area contributed by atoms with Gasteiger partial charge in [0.25, 0.3) is 0 Å². The molecule has 0 bridgehead atoms. The van der Waals surface area contributed by atoms with Crippen molar-refractivity contribution >= 4 is 11.6 Å². The summed E-state index contributed by atoms with van der Waals surface area (Å²) in [5.41, 5.74) is 3.31. The fourth-order valence-corrected chi connectivity index (χ4v) is 2.40. The Morgan fingerprint density at radius 1 is 1.10 bits per heavy atom. The van der Waals surface area contributed by atoms with Crippen molar-refractivity contribution in [3.8, 4) is 16.9 Å². The molecule has 2 rings (SSSR count). The first-order valence-electron chi connectivity index (χ1n) is 6.97. The predicted octanol–water partition coefficient (Wildman–Crippen LogP) is 4.52. The molecule has 2 nitrogen and oxygen atoms in total. The van der Waals surface area contributed by atoms with E-state index in [1.54, 1.807) is 0 Å². The molecule has 3 heteroatoms. The number of halogens is 1. The Morgan fingerprint density at radius 3 is 2.65 bits per heavy atom. The Labute approximate surface area is 125 Å². The van der Waals surface area contributed by atoms with Crippen LogP contribution in [0.2, 0.25) is 5.02 Å². The highest BCUT2D eigenvalue weighted by atomic mass is 35.5. The molecule has 2 aromatic rings. The van der Waals surface area contributed by atoms with E-state index in [1.165, 1.54) is 5.56 Å². The van der Waals surface area contributed by atoms with E-state index >= 15 is 0 Å². The summed E-state index contributed by atoms with van der Waals surface area (Å²) in [5.74, 6) is 0.873. The van der Waals surface area contributed by atoms with Crippen molar-refractivity contribution in [3.05, 3.63) is 53.1 Å². The van der Waals surface area contributed by atoms with Gasteiger partial charge in [0, 0.05) is 17.1 Å². The molecule has 0 saturated heterocycles. The summed E-state index contributed by atoms with van der Waals surface area (Å²) in [5, 5.41) is 4.07. The third-order valence-corrected chi connectivity index (χ3v) is 3.38. The van der Waals surface area contributed by atoms with Crippen LogP contribution < -0.4 is 10.1 Å². The van der Waals surface area contributed by atoms with Crippen LogP contribution >= 0.6 is 11.6 Å². The van der Waals surface area contributed by atoms with Crippen LogP contribution in [0.4, 0.5) is 0 Å². The monoisotopic (exact) mass is 289 g/mol. The smallest absolute Gasteiger partial charge is 0.119 e. The van der Waals surface area contributed by atoms with Crippen LogP contribution in [0, 0.1) is 0 Å². The topological polar surface area (TPSA) is 21.3 Å². The van der Waals surface area contributed by atoms with Gasteiger partial charge in [-0.05, 0) is 42.8 Å². The maximum absolute atomic E-state index is 6.40. The Hall–Kier alpha value is -1.51. The van der Waals surface area contributed by atoms with Gasteiger partial charge in [-0.1, -0.05) is 42.8 Å². The highest BCUT2D eigenvalue weighted by molar-refractivity contribution is 6.33. The maximum atomic E-state index is 6.40. The SMILES string of the molecule is CCNCc1ccc(-c2cccc(OCC)c2)c(Cl)c1. The molecule has 1 N–H and O–H groups in total. The first-order chi connectivity index (χ1) is 9.74. The van der Waals surface area contributed by atoms with Crippen LogP contribution in [0.15, 0.2) is 42.5 Å². The summed E-state index contributed by atoms with van der Waals surface area (Å²) in [6.07, 6.45) is 0. The van der Waals surface area contributed by atoms with E-state index in [9.17, 15) is 0 Å². The lowest BCUT2D eigenvalue weighted by Crippen LogP contribution is -2.11. The van der Waals surface area contributed by atoms with Crippen molar-refractivity contribution in [1.29, 1.82) is 0 Å². The lowest BCUT2D eigenvalue weighted by atomic mass is 10.0. The van der Waals surface area contributed by atoms with E-state index in [-0.39, 0.29) is 0 Å². The van der Waals surface area contributed by atoms with Crippen LogP contribution in [0.25, 0.3) is 11.1 Å². The van der Waals surface area contributed by atoms with E-state index in [2.05, 4.69) is 24.4 Å². The quantitative estimate of drug-likeness (QED) is 0.844. The molecule has 0 aliphatic carbocycles. The zero-order valence-corrected chi connectivity index (χ0v) is 12.7. The fraction of sp³-hybridized carbons (Fsp3) is 0.294. The molecule has 0 heterocycles. The highest BCUT2D eigenvalue weighted by Gasteiger charge is 2.06. The lowest BCUT2D eigenvalue weighted by molar-refractivity contribution is 0.340. The molecule has 20 heavy (non-hydrogen) atoms. The molecule has 0 spiro atoms. The summed E-state index contributed by atoms with van der Waals surface area (Å²) in [7, 11) is 0. The molecule has 0 saturated carbocycles. The van der Waals surface area contributed by atoms with Crippen LogP contribution in [-0.2, 0) is 6.54 Å². The van der Waals surface area contributed by atoms with E-state index in [0.29, 0.717) is 6.61 Å². The highest BCUT2D eigenvalue weighted by Crippen LogP contribution is 2.31. The number of hydrogen-bond donors (Lipinski definition) is 1. The number of nitrogens with one attached hydrogen (secondary N) is 1. The fourth-order valence-electron chi connectivity index (χ4n) is 2.09. The van der Waals surface area contributed by atoms with E-state index in [0.717, 1.165) is 35.0 Å². The molecule has 0 aliphatic rings. The Morgan fingerprint density at radius 2 is 1.95 bits per heavy atom. The van der Waals surface area contributed by atoms with Gasteiger partial charge in [-0.2, -0.15) is 0 Å². The molecule has 0 amide bonds. The lowest BCUT2D eigenvalue weighted by Gasteiger charge is -2.10. The summed E-state index contributed by atoms with van der Waals surface area (Å²) < 4.78 is 5.53. The molecule has 106 valence electrons. The molecule has 0 atom stereocenters. The molecule has 0 aromatic heterocycles. The zero-order valence-electron chi connectivity index (χ0n) is 11.9. The average Bonchev–Trinajstić information content (AvgIpc) is 2.46. The second kappa shape index (κ2) is 7.32. The predicted molar refractivity (Wildman–Crippen MR) is 85.4 cm³/mol. The Bertz CT molecular complexity index is 569. The summed E-state index contributed by atoms with van der Waals surface area (Å²) in [6.45, 7) is 6.54. The van der Waals surface area contributed by atoms with Crippen LogP contribution in [0.5, 0.6) is 5.75 Å². The van der Waals surface area contributed by atoms with Crippen molar-refractivity contribution in [1.82, 2.24) is 5.32 Å². The number of hydrogen-bond acceptors (Lipinski definition) is 2. The van der Waals surface area contributed by atoms with Crippen LogP contribution in [0.3, 0.4) is 0 Å². The van der Waals surface area contributed by atoms with Gasteiger partial charge in [0.15, 0.2) is 0 Å². The zero-order chi connectivity index (χ0) is 14.4. The average molecular weight is 290 g/mol. The van der Waals surface area contributed by atoms with Crippen molar-refractivity contribution in [2.45, 2.75) is 20.4 Å².